The SMILES string of the molecule is Cc1ccc(C(C#N)C(=O)c2sccc2Cl)cc1. The van der Waals surface area contributed by atoms with Crippen molar-refractivity contribution in [3.05, 3.63) is 56.7 Å². The first-order chi connectivity index (χ1) is 8.63. The number of carbonyl (C=O) groups is 1. The number of nitrogens with zero attached hydrogens (tertiary/aromatic N) is 1. The predicted molar refractivity (Wildman–Crippen MR) is 73.2 cm³/mol. The summed E-state index contributed by atoms with van der Waals surface area (Å²) in [7, 11) is 0. The number of benzene rings is 1. The van der Waals surface area contributed by atoms with Gasteiger partial charge in [0.25, 0.3) is 0 Å². The third-order valence-corrected chi connectivity index (χ3v) is 4.00. The first-order valence-corrected chi connectivity index (χ1v) is 6.62. The molecule has 1 aromatic heterocycles. The van der Waals surface area contributed by atoms with Gasteiger partial charge in [0.05, 0.1) is 16.0 Å². The van der Waals surface area contributed by atoms with E-state index in [9.17, 15) is 10.1 Å². The smallest absolute Gasteiger partial charge is 0.195 e. The number of thiophene rings is 1. The molecule has 0 aliphatic rings. The van der Waals surface area contributed by atoms with Crippen molar-refractivity contribution in [2.24, 2.45) is 0 Å². The first kappa shape index (κ1) is 12.8. The molecule has 1 unspecified atom stereocenters. The van der Waals surface area contributed by atoms with Gasteiger partial charge in [0.15, 0.2) is 5.78 Å². The quantitative estimate of drug-likeness (QED) is 0.788. The van der Waals surface area contributed by atoms with Crippen LogP contribution in [0, 0.1) is 18.3 Å². The van der Waals surface area contributed by atoms with Gasteiger partial charge in [-0.15, -0.1) is 11.3 Å². The fraction of sp³-hybridized carbons (Fsp3) is 0.143. The van der Waals surface area contributed by atoms with E-state index in [1.165, 1.54) is 11.3 Å². The Kier molecular flexibility index (Phi) is 3.81. The van der Waals surface area contributed by atoms with Crippen molar-refractivity contribution >= 4 is 28.7 Å². The van der Waals surface area contributed by atoms with E-state index >= 15 is 0 Å². The molecule has 0 amide bonds. The van der Waals surface area contributed by atoms with Crippen LogP contribution < -0.4 is 0 Å². The Hall–Kier alpha value is -1.63. The Morgan fingerprint density at radius 3 is 2.50 bits per heavy atom. The van der Waals surface area contributed by atoms with Crippen LogP contribution in [0.15, 0.2) is 35.7 Å². The molecular formula is C14H10ClNOS. The van der Waals surface area contributed by atoms with E-state index in [0.29, 0.717) is 15.5 Å². The molecule has 0 spiro atoms. The summed E-state index contributed by atoms with van der Waals surface area (Å²) < 4.78 is 0. The molecule has 1 aromatic carbocycles. The molecule has 90 valence electrons. The minimum Gasteiger partial charge on any atom is -0.291 e. The van der Waals surface area contributed by atoms with E-state index in [2.05, 4.69) is 6.07 Å². The number of halogens is 1. The lowest BCUT2D eigenvalue weighted by atomic mass is 9.94. The zero-order chi connectivity index (χ0) is 13.1. The number of hydrogen-bond acceptors (Lipinski definition) is 3. The van der Waals surface area contributed by atoms with Gasteiger partial charge in [-0.3, -0.25) is 4.79 Å². The van der Waals surface area contributed by atoms with E-state index in [0.717, 1.165) is 5.56 Å². The Morgan fingerprint density at radius 1 is 1.33 bits per heavy atom. The van der Waals surface area contributed by atoms with Crippen molar-refractivity contribution in [2.45, 2.75) is 12.8 Å². The van der Waals surface area contributed by atoms with Crippen molar-refractivity contribution < 1.29 is 4.79 Å². The van der Waals surface area contributed by atoms with Crippen LogP contribution in [0.4, 0.5) is 0 Å². The molecule has 2 rings (SSSR count). The van der Waals surface area contributed by atoms with Gasteiger partial charge in [-0.2, -0.15) is 5.26 Å². The minimum absolute atomic E-state index is 0.235. The topological polar surface area (TPSA) is 40.9 Å². The van der Waals surface area contributed by atoms with Crippen LogP contribution in [0.25, 0.3) is 0 Å². The molecule has 0 fully saturated rings. The van der Waals surface area contributed by atoms with Gasteiger partial charge >= 0.3 is 0 Å². The molecule has 1 atom stereocenters. The number of hydrogen-bond donors (Lipinski definition) is 0. The molecule has 2 aromatic rings. The summed E-state index contributed by atoms with van der Waals surface area (Å²) in [6.07, 6.45) is 0. The third kappa shape index (κ3) is 2.45. The normalized spacial score (nSPS) is 11.8. The third-order valence-electron chi connectivity index (χ3n) is 2.64. The molecule has 0 radical (unpaired) electrons. The van der Waals surface area contributed by atoms with E-state index in [1.807, 2.05) is 31.2 Å². The number of aryl methyl sites for hydroxylation is 1. The van der Waals surface area contributed by atoms with Crippen molar-refractivity contribution in [3.63, 3.8) is 0 Å². The average Bonchev–Trinajstić information content (AvgIpc) is 2.78. The number of rotatable bonds is 3. The highest BCUT2D eigenvalue weighted by Crippen LogP contribution is 2.29. The number of ketones is 1. The standard InChI is InChI=1S/C14H10ClNOS/c1-9-2-4-10(5-3-9)11(8-16)13(17)14-12(15)6-7-18-14/h2-7,11H,1H3. The molecule has 0 saturated heterocycles. The molecule has 0 N–H and O–H groups in total. The van der Waals surface area contributed by atoms with Crippen molar-refractivity contribution in [2.75, 3.05) is 0 Å². The average molecular weight is 276 g/mol. The second-order valence-electron chi connectivity index (χ2n) is 3.93. The van der Waals surface area contributed by atoms with Gasteiger partial charge in [0.2, 0.25) is 0 Å². The maximum atomic E-state index is 12.2. The van der Waals surface area contributed by atoms with Gasteiger partial charge in [-0.05, 0) is 23.9 Å². The van der Waals surface area contributed by atoms with Gasteiger partial charge in [0, 0.05) is 0 Å². The Balaban J connectivity index is 2.36. The molecule has 4 heteroatoms. The lowest BCUT2D eigenvalue weighted by Gasteiger charge is -2.08. The van der Waals surface area contributed by atoms with E-state index in [4.69, 9.17) is 11.6 Å². The predicted octanol–water partition coefficient (Wildman–Crippen LogP) is 4.20. The fourth-order valence-electron chi connectivity index (χ4n) is 1.64. The maximum Gasteiger partial charge on any atom is 0.195 e. The summed E-state index contributed by atoms with van der Waals surface area (Å²) in [5, 5.41) is 11.4. The lowest BCUT2D eigenvalue weighted by molar-refractivity contribution is 0.0983. The molecule has 18 heavy (non-hydrogen) atoms. The van der Waals surface area contributed by atoms with Gasteiger partial charge in [-0.1, -0.05) is 41.4 Å². The highest BCUT2D eigenvalue weighted by Gasteiger charge is 2.24. The number of Topliss-reactive ketones (excluding diaryl/α,β-unsaturated/α-hetero) is 1. The lowest BCUT2D eigenvalue weighted by Crippen LogP contribution is -2.10. The van der Waals surface area contributed by atoms with Crippen LogP contribution >= 0.6 is 22.9 Å². The molecule has 2 nitrogen and oxygen atoms in total. The number of nitriles is 1. The summed E-state index contributed by atoms with van der Waals surface area (Å²) in [5.41, 5.74) is 1.80. The minimum atomic E-state index is -0.790. The number of carbonyl (C=O) groups excluding carboxylic acids is 1. The summed E-state index contributed by atoms with van der Waals surface area (Å²) >= 11 is 7.20. The molecule has 0 saturated carbocycles. The Morgan fingerprint density at radius 2 is 2.00 bits per heavy atom. The van der Waals surface area contributed by atoms with Crippen LogP contribution in [-0.2, 0) is 0 Å². The largest absolute Gasteiger partial charge is 0.291 e. The molecule has 0 aliphatic carbocycles. The van der Waals surface area contributed by atoms with Crippen LogP contribution in [0.1, 0.15) is 26.7 Å². The van der Waals surface area contributed by atoms with Crippen LogP contribution in [0.3, 0.4) is 0 Å². The molecule has 0 bridgehead atoms. The van der Waals surface area contributed by atoms with Crippen molar-refractivity contribution in [1.82, 2.24) is 0 Å². The fourth-order valence-corrected chi connectivity index (χ4v) is 2.76. The van der Waals surface area contributed by atoms with Crippen LogP contribution in [-0.4, -0.2) is 5.78 Å². The Bertz CT molecular complexity index is 609. The summed E-state index contributed by atoms with van der Waals surface area (Å²) in [6, 6.07) is 11.1. The molecular weight excluding hydrogens is 266 g/mol. The van der Waals surface area contributed by atoms with E-state index in [-0.39, 0.29) is 5.78 Å². The summed E-state index contributed by atoms with van der Waals surface area (Å²) in [6.45, 7) is 1.96. The van der Waals surface area contributed by atoms with Gasteiger partial charge in [-0.25, -0.2) is 0 Å². The zero-order valence-corrected chi connectivity index (χ0v) is 11.3. The van der Waals surface area contributed by atoms with Crippen molar-refractivity contribution in [1.29, 1.82) is 5.26 Å². The van der Waals surface area contributed by atoms with Crippen molar-refractivity contribution in [3.8, 4) is 6.07 Å². The maximum absolute atomic E-state index is 12.2. The summed E-state index contributed by atoms with van der Waals surface area (Å²) in [4.78, 5) is 12.7. The second kappa shape index (κ2) is 5.34. The highest BCUT2D eigenvalue weighted by molar-refractivity contribution is 7.12. The molecule has 0 aliphatic heterocycles. The first-order valence-electron chi connectivity index (χ1n) is 5.37. The Labute approximate surface area is 114 Å². The second-order valence-corrected chi connectivity index (χ2v) is 5.26. The van der Waals surface area contributed by atoms with Crippen LogP contribution in [0.5, 0.6) is 0 Å². The van der Waals surface area contributed by atoms with Gasteiger partial charge in [0.1, 0.15) is 5.92 Å². The monoisotopic (exact) mass is 275 g/mol. The highest BCUT2D eigenvalue weighted by atomic mass is 35.5. The van der Waals surface area contributed by atoms with E-state index < -0.39 is 5.92 Å². The van der Waals surface area contributed by atoms with Crippen LogP contribution in [0.2, 0.25) is 5.02 Å². The van der Waals surface area contributed by atoms with E-state index in [1.54, 1.807) is 11.4 Å². The zero-order valence-electron chi connectivity index (χ0n) is 9.68. The van der Waals surface area contributed by atoms with Gasteiger partial charge < -0.3 is 0 Å². The molecule has 1 heterocycles. The summed E-state index contributed by atoms with van der Waals surface area (Å²) in [5.74, 6) is -1.02.